The summed E-state index contributed by atoms with van der Waals surface area (Å²) < 4.78 is 4.38. The Balaban J connectivity index is 2.09. The number of hydrogen-bond donors (Lipinski definition) is 2. The summed E-state index contributed by atoms with van der Waals surface area (Å²) in [5.74, 6) is -0.344. The summed E-state index contributed by atoms with van der Waals surface area (Å²) in [6.07, 6.45) is 1.01. The minimum Gasteiger partial charge on any atom is -0.453 e. The van der Waals surface area contributed by atoms with E-state index in [2.05, 4.69) is 20.4 Å². The molecule has 2 aromatic rings. The first-order valence-electron chi connectivity index (χ1n) is 5.66. The van der Waals surface area contributed by atoms with Crippen molar-refractivity contribution >= 4 is 28.6 Å². The number of methoxy groups -OCH3 is 1. The van der Waals surface area contributed by atoms with Gasteiger partial charge in [-0.05, 0) is 12.1 Å². The number of hydrogen-bond acceptors (Lipinski definition) is 4. The summed E-state index contributed by atoms with van der Waals surface area (Å²) in [6, 6.07) is 9.22. The number of nitrogens with one attached hydrogen (secondary N) is 2. The molecule has 2 amide bonds. The number of alkyl carbamates (subject to hydrolysis) is 1. The lowest BCUT2D eigenvalue weighted by molar-refractivity contribution is -0.115. The van der Waals surface area contributed by atoms with E-state index < -0.39 is 6.09 Å². The minimum atomic E-state index is -0.647. The number of aromatic nitrogens is 1. The van der Waals surface area contributed by atoms with E-state index in [4.69, 9.17) is 0 Å². The van der Waals surface area contributed by atoms with E-state index in [0.717, 1.165) is 5.39 Å². The predicted molar refractivity (Wildman–Crippen MR) is 70.8 cm³/mol. The number of pyridine rings is 1. The van der Waals surface area contributed by atoms with E-state index in [1.54, 1.807) is 12.3 Å². The topological polar surface area (TPSA) is 80.3 Å². The fourth-order valence-electron chi connectivity index (χ4n) is 1.62. The zero-order chi connectivity index (χ0) is 13.7. The molecule has 0 spiro atoms. The molecule has 6 heteroatoms. The van der Waals surface area contributed by atoms with Crippen LogP contribution in [0.5, 0.6) is 0 Å². The zero-order valence-electron chi connectivity index (χ0n) is 10.3. The lowest BCUT2D eigenvalue weighted by Gasteiger charge is -2.08. The number of ether oxygens (including phenoxy) is 1. The molecule has 0 fully saturated rings. The third kappa shape index (κ3) is 3.19. The van der Waals surface area contributed by atoms with Gasteiger partial charge in [-0.15, -0.1) is 0 Å². The summed E-state index contributed by atoms with van der Waals surface area (Å²) in [5.41, 5.74) is 1.31. The van der Waals surface area contributed by atoms with Gasteiger partial charge >= 0.3 is 6.09 Å². The van der Waals surface area contributed by atoms with Crippen LogP contribution in [0.2, 0.25) is 0 Å². The lowest BCUT2D eigenvalue weighted by atomic mass is 10.2. The van der Waals surface area contributed by atoms with Gasteiger partial charge in [-0.25, -0.2) is 4.79 Å². The van der Waals surface area contributed by atoms with Gasteiger partial charge in [-0.2, -0.15) is 0 Å². The molecule has 2 rings (SSSR count). The van der Waals surface area contributed by atoms with E-state index in [-0.39, 0.29) is 12.5 Å². The molecule has 0 aliphatic carbocycles. The van der Waals surface area contributed by atoms with Gasteiger partial charge < -0.3 is 15.4 Å². The van der Waals surface area contributed by atoms with Gasteiger partial charge in [0.15, 0.2) is 0 Å². The lowest BCUT2D eigenvalue weighted by Crippen LogP contribution is -2.32. The molecule has 19 heavy (non-hydrogen) atoms. The summed E-state index contributed by atoms with van der Waals surface area (Å²) in [5, 5.41) is 5.93. The number of carbonyl (C=O) groups is 2. The molecule has 6 nitrogen and oxygen atoms in total. The minimum absolute atomic E-state index is 0.157. The summed E-state index contributed by atoms with van der Waals surface area (Å²) in [7, 11) is 1.24. The van der Waals surface area contributed by atoms with Gasteiger partial charge in [-0.3, -0.25) is 9.78 Å². The van der Waals surface area contributed by atoms with Crippen LogP contribution < -0.4 is 10.6 Å². The number of rotatable bonds is 3. The SMILES string of the molecule is COC(=O)NCC(=O)Nc1cccc2cccnc12. The monoisotopic (exact) mass is 259 g/mol. The number of carbonyl (C=O) groups excluding carboxylic acids is 2. The molecule has 0 radical (unpaired) electrons. The summed E-state index contributed by atoms with van der Waals surface area (Å²) >= 11 is 0. The highest BCUT2D eigenvalue weighted by Gasteiger charge is 2.07. The number of amides is 2. The first-order chi connectivity index (χ1) is 9.20. The Bertz CT molecular complexity index is 608. The highest BCUT2D eigenvalue weighted by atomic mass is 16.5. The third-order valence-electron chi connectivity index (χ3n) is 2.49. The Hall–Kier alpha value is -2.63. The van der Waals surface area contributed by atoms with Crippen molar-refractivity contribution in [3.63, 3.8) is 0 Å². The van der Waals surface area contributed by atoms with Gasteiger partial charge in [0, 0.05) is 11.6 Å². The largest absolute Gasteiger partial charge is 0.453 e. The highest BCUT2D eigenvalue weighted by Crippen LogP contribution is 2.20. The normalized spacial score (nSPS) is 9.95. The highest BCUT2D eigenvalue weighted by molar-refractivity contribution is 6.01. The van der Waals surface area contributed by atoms with Gasteiger partial charge in [-0.1, -0.05) is 18.2 Å². The van der Waals surface area contributed by atoms with Crippen LogP contribution >= 0.6 is 0 Å². The number of nitrogens with zero attached hydrogens (tertiary/aromatic N) is 1. The average Bonchev–Trinajstić information content (AvgIpc) is 2.45. The second-order valence-corrected chi connectivity index (χ2v) is 3.77. The average molecular weight is 259 g/mol. The Morgan fingerprint density at radius 2 is 2.05 bits per heavy atom. The smallest absolute Gasteiger partial charge is 0.407 e. The van der Waals surface area contributed by atoms with E-state index in [9.17, 15) is 9.59 Å². The molecule has 2 N–H and O–H groups in total. The van der Waals surface area contributed by atoms with Gasteiger partial charge in [0.25, 0.3) is 0 Å². The van der Waals surface area contributed by atoms with Crippen LogP contribution in [0.25, 0.3) is 10.9 Å². The fourth-order valence-corrected chi connectivity index (χ4v) is 1.62. The molecule has 1 aromatic heterocycles. The Morgan fingerprint density at radius 1 is 1.26 bits per heavy atom. The Kier molecular flexibility index (Phi) is 3.92. The van der Waals surface area contributed by atoms with Gasteiger partial charge in [0.1, 0.15) is 6.54 Å². The Labute approximate surface area is 109 Å². The zero-order valence-corrected chi connectivity index (χ0v) is 10.3. The van der Waals surface area contributed by atoms with Crippen molar-refractivity contribution in [2.45, 2.75) is 0 Å². The first kappa shape index (κ1) is 12.8. The van der Waals surface area contributed by atoms with E-state index in [1.807, 2.05) is 24.3 Å². The maximum atomic E-state index is 11.7. The van der Waals surface area contributed by atoms with Crippen molar-refractivity contribution in [1.82, 2.24) is 10.3 Å². The molecule has 0 aliphatic rings. The van der Waals surface area contributed by atoms with Crippen LogP contribution in [0.15, 0.2) is 36.5 Å². The van der Waals surface area contributed by atoms with Crippen LogP contribution in [0.1, 0.15) is 0 Å². The van der Waals surface area contributed by atoms with Gasteiger partial charge in [0.05, 0.1) is 18.3 Å². The van der Waals surface area contributed by atoms with Crippen LogP contribution in [-0.2, 0) is 9.53 Å². The molecule has 0 bridgehead atoms. The number of para-hydroxylation sites is 1. The van der Waals surface area contributed by atoms with E-state index in [1.165, 1.54) is 7.11 Å². The first-order valence-corrected chi connectivity index (χ1v) is 5.66. The van der Waals surface area contributed by atoms with E-state index >= 15 is 0 Å². The van der Waals surface area contributed by atoms with Crippen molar-refractivity contribution in [2.75, 3.05) is 19.0 Å². The van der Waals surface area contributed by atoms with E-state index in [0.29, 0.717) is 11.2 Å². The standard InChI is InChI=1S/C13H13N3O3/c1-19-13(18)15-8-11(17)16-10-6-2-4-9-5-3-7-14-12(9)10/h2-7H,8H2,1H3,(H,15,18)(H,16,17). The molecule has 0 saturated carbocycles. The van der Waals surface area contributed by atoms with Crippen molar-refractivity contribution in [1.29, 1.82) is 0 Å². The van der Waals surface area contributed by atoms with Crippen LogP contribution in [-0.4, -0.2) is 30.6 Å². The number of benzene rings is 1. The Morgan fingerprint density at radius 3 is 2.84 bits per heavy atom. The molecular weight excluding hydrogens is 246 g/mol. The van der Waals surface area contributed by atoms with Gasteiger partial charge in [0.2, 0.25) is 5.91 Å². The number of fused-ring (bicyclic) bond motifs is 1. The van der Waals surface area contributed by atoms with Crippen LogP contribution in [0.3, 0.4) is 0 Å². The number of anilines is 1. The second-order valence-electron chi connectivity index (χ2n) is 3.77. The van der Waals surface area contributed by atoms with Crippen molar-refractivity contribution in [3.8, 4) is 0 Å². The predicted octanol–water partition coefficient (Wildman–Crippen LogP) is 1.53. The maximum Gasteiger partial charge on any atom is 0.407 e. The molecule has 1 aromatic carbocycles. The molecule has 0 atom stereocenters. The summed E-state index contributed by atoms with van der Waals surface area (Å²) in [6.45, 7) is -0.157. The molecule has 1 heterocycles. The summed E-state index contributed by atoms with van der Waals surface area (Å²) in [4.78, 5) is 26.7. The van der Waals surface area contributed by atoms with Crippen molar-refractivity contribution in [2.24, 2.45) is 0 Å². The molecular formula is C13H13N3O3. The molecule has 0 saturated heterocycles. The quantitative estimate of drug-likeness (QED) is 0.876. The molecule has 0 unspecified atom stereocenters. The van der Waals surface area contributed by atoms with Crippen molar-refractivity contribution < 1.29 is 14.3 Å². The maximum absolute atomic E-state index is 11.7. The van der Waals surface area contributed by atoms with Crippen LogP contribution in [0.4, 0.5) is 10.5 Å². The fraction of sp³-hybridized carbons (Fsp3) is 0.154. The van der Waals surface area contributed by atoms with Crippen molar-refractivity contribution in [3.05, 3.63) is 36.5 Å². The third-order valence-corrected chi connectivity index (χ3v) is 2.49. The molecule has 0 aliphatic heterocycles. The molecule has 98 valence electrons. The van der Waals surface area contributed by atoms with Crippen LogP contribution in [0, 0.1) is 0 Å². The second kappa shape index (κ2) is 5.81.